The highest BCUT2D eigenvalue weighted by Crippen LogP contribution is 2.40. The van der Waals surface area contributed by atoms with Crippen LogP contribution in [0.4, 0.5) is 45.5 Å². The summed E-state index contributed by atoms with van der Waals surface area (Å²) in [7, 11) is 0. The molecule has 0 amide bonds. The van der Waals surface area contributed by atoms with Crippen molar-refractivity contribution in [2.45, 2.75) is 60.3 Å². The molecule has 0 N–H and O–H groups in total. The normalized spacial score (nSPS) is 13.5. The van der Waals surface area contributed by atoms with Crippen LogP contribution in [-0.2, 0) is 12.8 Å². The maximum Gasteiger partial charge on any atom is 0.119 e. The number of anilines is 8. The molecule has 0 aromatic heterocycles. The summed E-state index contributed by atoms with van der Waals surface area (Å²) >= 11 is 0. The quantitative estimate of drug-likeness (QED) is 0.0708. The van der Waals surface area contributed by atoms with Crippen LogP contribution in [0, 0.1) is 12.8 Å². The highest BCUT2D eigenvalue weighted by Gasteiger charge is 2.19. The van der Waals surface area contributed by atoms with Crippen LogP contribution in [-0.4, -0.2) is 6.61 Å². The molecule has 0 fully saturated rings. The van der Waals surface area contributed by atoms with Gasteiger partial charge in [0.2, 0.25) is 0 Å². The predicted molar refractivity (Wildman–Crippen MR) is 341 cm³/mol. The maximum atomic E-state index is 5.95. The fraction of sp³-hybridized carbons (Fsp3) is 0.147. The van der Waals surface area contributed by atoms with Gasteiger partial charge in [0.05, 0.1) is 6.61 Å². The van der Waals surface area contributed by atoms with Gasteiger partial charge in [-0.25, -0.2) is 0 Å². The molecule has 4 heteroatoms. The Morgan fingerprint density at radius 2 is 0.911 bits per heavy atom. The van der Waals surface area contributed by atoms with E-state index in [0.717, 1.165) is 99.2 Å². The third-order valence-electron chi connectivity index (χ3n) is 14.8. The van der Waals surface area contributed by atoms with E-state index in [1.807, 2.05) is 6.92 Å². The first-order valence-electron chi connectivity index (χ1n) is 28.1. The molecule has 1 atom stereocenters. The first kappa shape index (κ1) is 53.3. The lowest BCUT2D eigenvalue weighted by Gasteiger charge is -2.29. The van der Waals surface area contributed by atoms with Crippen LogP contribution < -0.4 is 19.4 Å². The highest BCUT2D eigenvalue weighted by molar-refractivity contribution is 5.88. The van der Waals surface area contributed by atoms with Crippen molar-refractivity contribution in [2.24, 2.45) is 5.92 Å². The molecule has 1 aliphatic carbocycles. The summed E-state index contributed by atoms with van der Waals surface area (Å²) in [6.07, 6.45) is 28.3. The van der Waals surface area contributed by atoms with Crippen molar-refractivity contribution >= 4 is 80.6 Å². The zero-order chi connectivity index (χ0) is 54.3. The van der Waals surface area contributed by atoms with Crippen LogP contribution in [0.15, 0.2) is 254 Å². The van der Waals surface area contributed by atoms with Crippen molar-refractivity contribution in [1.29, 1.82) is 0 Å². The number of hydrogen-bond donors (Lipinski definition) is 0. The molecule has 10 rings (SSSR count). The molecule has 79 heavy (non-hydrogen) atoms. The van der Waals surface area contributed by atoms with Gasteiger partial charge < -0.3 is 19.4 Å². The first-order valence-corrected chi connectivity index (χ1v) is 28.1. The SMILES string of the molecule is CCOc1ccc(N(c2ccc(/C=C/C=C\c3ccc(N(c4ccc(C)cc4)c4ccc(CC)cc4)cc3)cc2)c2ccc(/C=C/C=C/c3ccc(N(C4=CCC(CC)C=C4)c4ccc5ccccc5c4)cc3)cc2)c(CC)c1. The lowest BCUT2D eigenvalue weighted by atomic mass is 9.96. The summed E-state index contributed by atoms with van der Waals surface area (Å²) in [4.78, 5) is 7.06. The van der Waals surface area contributed by atoms with Crippen LogP contribution in [0.2, 0.25) is 0 Å². The van der Waals surface area contributed by atoms with Gasteiger partial charge in [-0.15, -0.1) is 0 Å². The number of rotatable bonds is 20. The Bertz CT molecular complexity index is 3640. The second kappa shape index (κ2) is 25.8. The third kappa shape index (κ3) is 13.2. The van der Waals surface area contributed by atoms with Gasteiger partial charge in [-0.3, -0.25) is 0 Å². The van der Waals surface area contributed by atoms with E-state index in [9.17, 15) is 0 Å². The van der Waals surface area contributed by atoms with E-state index in [2.05, 4.69) is 315 Å². The van der Waals surface area contributed by atoms with Crippen molar-refractivity contribution in [3.05, 3.63) is 293 Å². The molecule has 0 bridgehead atoms. The number of benzene rings is 9. The number of nitrogens with zero attached hydrogens (tertiary/aromatic N) is 3. The van der Waals surface area contributed by atoms with Crippen molar-refractivity contribution in [1.82, 2.24) is 0 Å². The van der Waals surface area contributed by atoms with Gasteiger partial charge >= 0.3 is 0 Å². The number of ether oxygens (including phenoxy) is 1. The lowest BCUT2D eigenvalue weighted by molar-refractivity contribution is 0.340. The molecular formula is C75H71N3O. The predicted octanol–water partition coefficient (Wildman–Crippen LogP) is 21.1. The zero-order valence-electron chi connectivity index (χ0n) is 46.3. The van der Waals surface area contributed by atoms with Crippen LogP contribution in [0.25, 0.3) is 35.1 Å². The van der Waals surface area contributed by atoms with Crippen LogP contribution in [0.1, 0.15) is 79.5 Å². The summed E-state index contributed by atoms with van der Waals surface area (Å²) in [6.45, 7) is 11.5. The van der Waals surface area contributed by atoms with E-state index in [1.165, 1.54) is 33.2 Å². The lowest BCUT2D eigenvalue weighted by Crippen LogP contribution is -2.17. The minimum Gasteiger partial charge on any atom is -0.494 e. The largest absolute Gasteiger partial charge is 0.494 e. The molecule has 9 aromatic carbocycles. The molecule has 0 radical (unpaired) electrons. The second-order valence-electron chi connectivity index (χ2n) is 20.2. The molecule has 1 unspecified atom stereocenters. The van der Waals surface area contributed by atoms with Crippen molar-refractivity contribution in [3.63, 3.8) is 0 Å². The van der Waals surface area contributed by atoms with Gasteiger partial charge in [0.25, 0.3) is 0 Å². The molecular weight excluding hydrogens is 959 g/mol. The average Bonchev–Trinajstić information content (AvgIpc) is 3.53. The van der Waals surface area contributed by atoms with Crippen molar-refractivity contribution < 1.29 is 4.74 Å². The molecule has 1 aliphatic rings. The smallest absolute Gasteiger partial charge is 0.119 e. The van der Waals surface area contributed by atoms with Gasteiger partial charge in [-0.1, -0.05) is 190 Å². The fourth-order valence-corrected chi connectivity index (χ4v) is 10.3. The zero-order valence-corrected chi connectivity index (χ0v) is 46.3. The number of fused-ring (bicyclic) bond motifs is 1. The summed E-state index contributed by atoms with van der Waals surface area (Å²) in [5.41, 5.74) is 18.6. The van der Waals surface area contributed by atoms with Crippen LogP contribution >= 0.6 is 0 Å². The van der Waals surface area contributed by atoms with Gasteiger partial charge in [-0.05, 0) is 199 Å². The van der Waals surface area contributed by atoms with Gasteiger partial charge in [0.15, 0.2) is 0 Å². The third-order valence-corrected chi connectivity index (χ3v) is 14.8. The molecule has 4 nitrogen and oxygen atoms in total. The Balaban J connectivity index is 0.825. The van der Waals surface area contributed by atoms with Crippen LogP contribution in [0.5, 0.6) is 5.75 Å². The van der Waals surface area contributed by atoms with E-state index in [-0.39, 0.29) is 0 Å². The van der Waals surface area contributed by atoms with E-state index < -0.39 is 0 Å². The summed E-state index contributed by atoms with van der Waals surface area (Å²) in [6, 6.07) is 74.7. The summed E-state index contributed by atoms with van der Waals surface area (Å²) < 4.78 is 5.95. The summed E-state index contributed by atoms with van der Waals surface area (Å²) in [5.74, 6) is 1.48. The van der Waals surface area contributed by atoms with Gasteiger partial charge in [0.1, 0.15) is 5.75 Å². The Labute approximate surface area is 469 Å². The Morgan fingerprint density at radius 1 is 0.443 bits per heavy atom. The monoisotopic (exact) mass is 1030 g/mol. The van der Waals surface area contributed by atoms with Crippen molar-refractivity contribution in [2.75, 3.05) is 21.3 Å². The molecule has 0 saturated heterocycles. The number of aryl methyl sites for hydroxylation is 3. The van der Waals surface area contributed by atoms with E-state index in [4.69, 9.17) is 4.74 Å². The Morgan fingerprint density at radius 3 is 1.38 bits per heavy atom. The van der Waals surface area contributed by atoms with E-state index >= 15 is 0 Å². The molecule has 0 aliphatic heterocycles. The second-order valence-corrected chi connectivity index (χ2v) is 20.2. The number of hydrogen-bond acceptors (Lipinski definition) is 4. The fourth-order valence-electron chi connectivity index (χ4n) is 10.3. The molecule has 0 saturated carbocycles. The average molecular weight is 1030 g/mol. The summed E-state index contributed by atoms with van der Waals surface area (Å²) in [5, 5.41) is 2.49. The topological polar surface area (TPSA) is 19.0 Å². The molecule has 9 aromatic rings. The standard InChI is InChI=1S/C75H71N3O/c1-6-57-24-39-67(40-25-57)76(66-37-22-56(5)23-38-66)68-43-28-59(29-44-68)16-10-12-18-61-32-47-71(48-33-61)78(75-53-52-74(79-9-4)55-63(75)8-3)72-49-34-62(35-50-72)19-13-11-17-60-30-45-70(46-31-60)77(69-41-26-58(7-2)27-42-69)73-51-36-64-20-14-15-21-65(64)54-73/h10-26,28-55,58H,6-9,27H2,1-5H3/b16-10-,17-11+,18-12+,19-13+. The van der Waals surface area contributed by atoms with Gasteiger partial charge in [-0.2, -0.15) is 0 Å². The highest BCUT2D eigenvalue weighted by atomic mass is 16.5. The Hall–Kier alpha value is -9.12. The first-order chi connectivity index (χ1) is 38.9. The molecule has 0 spiro atoms. The minimum absolute atomic E-state index is 0.593. The van der Waals surface area contributed by atoms with Gasteiger partial charge in [0, 0.05) is 51.2 Å². The van der Waals surface area contributed by atoms with Crippen LogP contribution in [0.3, 0.4) is 0 Å². The van der Waals surface area contributed by atoms with E-state index in [0.29, 0.717) is 12.5 Å². The number of allylic oxidation sites excluding steroid dienone is 7. The maximum absolute atomic E-state index is 5.95. The minimum atomic E-state index is 0.593. The molecule has 392 valence electrons. The Kier molecular flexibility index (Phi) is 17.4. The van der Waals surface area contributed by atoms with E-state index in [1.54, 1.807) is 0 Å². The molecule has 0 heterocycles. The van der Waals surface area contributed by atoms with Crippen molar-refractivity contribution in [3.8, 4) is 5.75 Å².